The highest BCUT2D eigenvalue weighted by Gasteiger charge is 2.46. The third-order valence-corrected chi connectivity index (χ3v) is 6.06. The molecule has 1 spiro atoms. The summed E-state index contributed by atoms with van der Waals surface area (Å²) in [6, 6.07) is 3.58. The van der Waals surface area contributed by atoms with Crippen molar-refractivity contribution >= 4 is 5.91 Å². The fraction of sp³-hybridized carbons (Fsp3) is 0.650. The number of hydrogen-bond acceptors (Lipinski definition) is 6. The summed E-state index contributed by atoms with van der Waals surface area (Å²) in [6.45, 7) is 1.70. The minimum atomic E-state index is 0.174. The normalized spacial score (nSPS) is 25.4. The van der Waals surface area contributed by atoms with Crippen LogP contribution in [0, 0.1) is 5.41 Å². The van der Waals surface area contributed by atoms with Crippen LogP contribution in [0.4, 0.5) is 0 Å². The number of amides is 1. The summed E-state index contributed by atoms with van der Waals surface area (Å²) >= 11 is 0. The van der Waals surface area contributed by atoms with Gasteiger partial charge in [-0.2, -0.15) is 4.98 Å². The van der Waals surface area contributed by atoms with E-state index in [2.05, 4.69) is 10.1 Å². The van der Waals surface area contributed by atoms with E-state index in [4.69, 9.17) is 13.7 Å². The minimum Gasteiger partial charge on any atom is -0.461 e. The monoisotopic (exact) mass is 373 g/mol. The average Bonchev–Trinajstić information content (AvgIpc) is 3.42. The number of rotatable bonds is 6. The number of ether oxygens (including phenoxy) is 1. The first-order valence-electron chi connectivity index (χ1n) is 9.87. The Morgan fingerprint density at radius 3 is 3.11 bits per heavy atom. The van der Waals surface area contributed by atoms with Gasteiger partial charge in [-0.3, -0.25) is 4.79 Å². The number of aromatic nitrogens is 2. The zero-order valence-corrected chi connectivity index (χ0v) is 15.9. The number of furan rings is 1. The maximum atomic E-state index is 12.7. The molecule has 2 aromatic rings. The van der Waals surface area contributed by atoms with Gasteiger partial charge in [-0.05, 0) is 44.2 Å². The van der Waals surface area contributed by atoms with Gasteiger partial charge in [-0.25, -0.2) is 0 Å². The standard InChI is InChI=1S/C20H27N3O4/c1-25-16-7-3-10-20(16)11-5-12-23(14-20)18(24)9-2-8-17-21-19(22-27-17)15-6-4-13-26-15/h4,6,13,16H,2-3,5,7-12,14H2,1H3/t16-,20+/m1/s1. The van der Waals surface area contributed by atoms with E-state index >= 15 is 0 Å². The summed E-state index contributed by atoms with van der Waals surface area (Å²) in [5, 5.41) is 3.92. The lowest BCUT2D eigenvalue weighted by atomic mass is 9.76. The van der Waals surface area contributed by atoms with E-state index in [-0.39, 0.29) is 11.3 Å². The van der Waals surface area contributed by atoms with Crippen LogP contribution in [-0.2, 0) is 16.0 Å². The Morgan fingerprint density at radius 2 is 2.30 bits per heavy atom. The molecule has 0 aromatic carbocycles. The van der Waals surface area contributed by atoms with Crippen LogP contribution in [0.3, 0.4) is 0 Å². The molecule has 1 aliphatic carbocycles. The van der Waals surface area contributed by atoms with Crippen molar-refractivity contribution in [3.63, 3.8) is 0 Å². The Balaban J connectivity index is 1.28. The van der Waals surface area contributed by atoms with Crippen LogP contribution < -0.4 is 0 Å². The number of hydrogen-bond donors (Lipinski definition) is 0. The highest BCUT2D eigenvalue weighted by molar-refractivity contribution is 5.76. The largest absolute Gasteiger partial charge is 0.461 e. The molecule has 146 valence electrons. The first kappa shape index (κ1) is 18.2. The lowest BCUT2D eigenvalue weighted by molar-refractivity contribution is -0.137. The first-order valence-corrected chi connectivity index (χ1v) is 9.87. The lowest BCUT2D eigenvalue weighted by Crippen LogP contribution is -2.49. The van der Waals surface area contributed by atoms with Crippen LogP contribution in [0.1, 0.15) is 50.8 Å². The number of nitrogens with zero attached hydrogens (tertiary/aromatic N) is 3. The first-order chi connectivity index (χ1) is 13.2. The lowest BCUT2D eigenvalue weighted by Gasteiger charge is -2.43. The van der Waals surface area contributed by atoms with Crippen molar-refractivity contribution in [1.29, 1.82) is 0 Å². The van der Waals surface area contributed by atoms with E-state index in [1.54, 1.807) is 25.5 Å². The molecule has 27 heavy (non-hydrogen) atoms. The van der Waals surface area contributed by atoms with Gasteiger partial charge in [0.15, 0.2) is 5.76 Å². The Hall–Kier alpha value is -2.15. The van der Waals surface area contributed by atoms with Gasteiger partial charge in [0.1, 0.15) is 0 Å². The van der Waals surface area contributed by atoms with Gasteiger partial charge < -0.3 is 18.6 Å². The Bertz CT molecular complexity index is 757. The molecule has 2 fully saturated rings. The maximum absolute atomic E-state index is 12.7. The molecule has 1 saturated carbocycles. The summed E-state index contributed by atoms with van der Waals surface area (Å²) in [5.41, 5.74) is 0.174. The molecule has 2 aromatic heterocycles. The van der Waals surface area contributed by atoms with Crippen molar-refractivity contribution in [2.45, 2.75) is 57.5 Å². The Kier molecular flexibility index (Phi) is 5.29. The van der Waals surface area contributed by atoms with Gasteiger partial charge >= 0.3 is 0 Å². The zero-order chi connectivity index (χ0) is 18.7. The smallest absolute Gasteiger partial charge is 0.238 e. The molecule has 7 heteroatoms. The van der Waals surface area contributed by atoms with Crippen LogP contribution >= 0.6 is 0 Å². The molecule has 3 heterocycles. The number of aryl methyl sites for hydroxylation is 1. The number of likely N-dealkylation sites (tertiary alicyclic amines) is 1. The van der Waals surface area contributed by atoms with E-state index in [0.717, 1.165) is 25.9 Å². The van der Waals surface area contributed by atoms with E-state index in [0.29, 0.717) is 42.8 Å². The Labute approximate surface area is 159 Å². The third kappa shape index (κ3) is 3.78. The van der Waals surface area contributed by atoms with Gasteiger partial charge in [-0.1, -0.05) is 11.6 Å². The molecular formula is C20H27N3O4. The molecule has 7 nitrogen and oxygen atoms in total. The fourth-order valence-corrected chi connectivity index (χ4v) is 4.73. The molecule has 0 bridgehead atoms. The van der Waals surface area contributed by atoms with Crippen molar-refractivity contribution in [2.75, 3.05) is 20.2 Å². The molecular weight excluding hydrogens is 346 g/mol. The van der Waals surface area contributed by atoms with E-state index in [9.17, 15) is 4.79 Å². The van der Waals surface area contributed by atoms with Gasteiger partial charge in [0.05, 0.1) is 12.4 Å². The third-order valence-electron chi connectivity index (χ3n) is 6.06. The number of methoxy groups -OCH3 is 1. The second-order valence-electron chi connectivity index (χ2n) is 7.74. The van der Waals surface area contributed by atoms with Crippen molar-refractivity contribution in [2.24, 2.45) is 5.41 Å². The van der Waals surface area contributed by atoms with Gasteiger partial charge in [0.2, 0.25) is 17.6 Å². The second-order valence-corrected chi connectivity index (χ2v) is 7.74. The van der Waals surface area contributed by atoms with Crippen LogP contribution in [-0.4, -0.2) is 47.3 Å². The average molecular weight is 373 g/mol. The fourth-order valence-electron chi connectivity index (χ4n) is 4.73. The Morgan fingerprint density at radius 1 is 1.41 bits per heavy atom. The summed E-state index contributed by atoms with van der Waals surface area (Å²) in [4.78, 5) is 19.1. The van der Waals surface area contributed by atoms with Crippen molar-refractivity contribution in [3.8, 4) is 11.6 Å². The second kappa shape index (κ2) is 7.84. The van der Waals surface area contributed by atoms with Crippen molar-refractivity contribution in [1.82, 2.24) is 15.0 Å². The topological polar surface area (TPSA) is 81.6 Å². The highest BCUT2D eigenvalue weighted by Crippen LogP contribution is 2.46. The van der Waals surface area contributed by atoms with Crippen LogP contribution in [0.5, 0.6) is 0 Å². The van der Waals surface area contributed by atoms with Gasteiger partial charge in [-0.15, -0.1) is 0 Å². The quantitative estimate of drug-likeness (QED) is 0.771. The molecule has 2 atom stereocenters. The minimum absolute atomic E-state index is 0.174. The highest BCUT2D eigenvalue weighted by atomic mass is 16.5. The molecule has 0 radical (unpaired) electrons. The summed E-state index contributed by atoms with van der Waals surface area (Å²) in [6.07, 6.45) is 9.42. The number of carbonyl (C=O) groups is 1. The van der Waals surface area contributed by atoms with Gasteiger partial charge in [0.25, 0.3) is 0 Å². The van der Waals surface area contributed by atoms with Crippen LogP contribution in [0.15, 0.2) is 27.3 Å². The molecule has 1 amide bonds. The van der Waals surface area contributed by atoms with Crippen molar-refractivity contribution in [3.05, 3.63) is 24.3 Å². The number of carbonyl (C=O) groups excluding carboxylic acids is 1. The predicted molar refractivity (Wildman–Crippen MR) is 97.8 cm³/mol. The maximum Gasteiger partial charge on any atom is 0.238 e. The summed E-state index contributed by atoms with van der Waals surface area (Å²) in [7, 11) is 1.81. The zero-order valence-electron chi connectivity index (χ0n) is 15.9. The van der Waals surface area contributed by atoms with E-state index < -0.39 is 0 Å². The SMILES string of the molecule is CO[C@@H]1CCC[C@@]12CCCN(C(=O)CCCc1nc(-c3ccco3)no1)C2. The number of piperidine rings is 1. The summed E-state index contributed by atoms with van der Waals surface area (Å²) in [5.74, 6) is 1.80. The molecule has 0 unspecified atom stereocenters. The summed E-state index contributed by atoms with van der Waals surface area (Å²) < 4.78 is 16.3. The van der Waals surface area contributed by atoms with E-state index in [1.807, 2.05) is 4.90 Å². The molecule has 2 aliphatic rings. The molecule has 1 saturated heterocycles. The van der Waals surface area contributed by atoms with Crippen LogP contribution in [0.2, 0.25) is 0 Å². The molecule has 0 N–H and O–H groups in total. The predicted octanol–water partition coefficient (Wildman–Crippen LogP) is 3.46. The van der Waals surface area contributed by atoms with Crippen molar-refractivity contribution < 1.29 is 18.5 Å². The van der Waals surface area contributed by atoms with E-state index in [1.165, 1.54) is 19.3 Å². The van der Waals surface area contributed by atoms with Crippen LogP contribution in [0.25, 0.3) is 11.6 Å². The molecule has 4 rings (SSSR count). The molecule has 1 aliphatic heterocycles. The van der Waals surface area contributed by atoms with Gasteiger partial charge in [0, 0.05) is 38.5 Å².